The number of nitrogens with zero attached hydrogens (tertiary/aromatic N) is 1. The Morgan fingerprint density at radius 2 is 2.26 bits per heavy atom. The highest BCUT2D eigenvalue weighted by Gasteiger charge is 2.24. The quantitative estimate of drug-likeness (QED) is 0.751. The zero-order chi connectivity index (χ0) is 16.2. The Morgan fingerprint density at radius 3 is 3.09 bits per heavy atom. The van der Waals surface area contributed by atoms with Crippen LogP contribution in [0.3, 0.4) is 0 Å². The summed E-state index contributed by atoms with van der Waals surface area (Å²) in [6.07, 6.45) is 6.95. The number of carbonyl (C=O) groups excluding carboxylic acids is 1. The van der Waals surface area contributed by atoms with Crippen molar-refractivity contribution in [3.63, 3.8) is 0 Å². The average molecular weight is 330 g/mol. The second kappa shape index (κ2) is 7.08. The van der Waals surface area contributed by atoms with Gasteiger partial charge in [-0.2, -0.15) is 5.10 Å². The number of aromatic amines is 1. The summed E-state index contributed by atoms with van der Waals surface area (Å²) in [6.45, 7) is 2.01. The molecular formula is C17H22N4OS. The first kappa shape index (κ1) is 15.9. The van der Waals surface area contributed by atoms with E-state index in [0.717, 1.165) is 30.5 Å². The molecule has 23 heavy (non-hydrogen) atoms. The summed E-state index contributed by atoms with van der Waals surface area (Å²) in [5, 5.41) is 13.2. The van der Waals surface area contributed by atoms with E-state index in [0.29, 0.717) is 0 Å². The molecule has 0 unspecified atom stereocenters. The first-order chi connectivity index (χ1) is 11.2. The molecule has 0 saturated carbocycles. The summed E-state index contributed by atoms with van der Waals surface area (Å²) in [4.78, 5) is 13.6. The Labute approximate surface area is 140 Å². The van der Waals surface area contributed by atoms with Gasteiger partial charge < -0.3 is 10.6 Å². The van der Waals surface area contributed by atoms with E-state index in [1.54, 1.807) is 11.8 Å². The van der Waals surface area contributed by atoms with E-state index in [4.69, 9.17) is 0 Å². The summed E-state index contributed by atoms with van der Waals surface area (Å²) in [5.74, 6) is 0. The summed E-state index contributed by atoms with van der Waals surface area (Å²) in [5.41, 5.74) is 3.40. The number of hydrogen-bond donors (Lipinski definition) is 3. The number of thioether (sulfide) groups is 1. The third kappa shape index (κ3) is 3.52. The molecule has 2 aromatic rings. The van der Waals surface area contributed by atoms with Gasteiger partial charge in [0, 0.05) is 4.90 Å². The van der Waals surface area contributed by atoms with Crippen LogP contribution in [0.25, 0.3) is 0 Å². The number of H-pyrrole nitrogens is 1. The molecule has 0 spiro atoms. The lowest BCUT2D eigenvalue weighted by Gasteiger charge is -2.24. The Kier molecular flexibility index (Phi) is 4.91. The van der Waals surface area contributed by atoms with E-state index in [1.807, 2.05) is 31.5 Å². The van der Waals surface area contributed by atoms with Crippen LogP contribution in [-0.2, 0) is 6.42 Å². The van der Waals surface area contributed by atoms with Crippen molar-refractivity contribution in [2.45, 2.75) is 43.2 Å². The Balaban J connectivity index is 1.64. The van der Waals surface area contributed by atoms with E-state index < -0.39 is 0 Å². The number of amides is 2. The van der Waals surface area contributed by atoms with Gasteiger partial charge in [-0.1, -0.05) is 18.2 Å². The number of aromatic nitrogens is 2. The lowest BCUT2D eigenvalue weighted by Crippen LogP contribution is -2.40. The molecule has 0 fully saturated rings. The van der Waals surface area contributed by atoms with Crippen LogP contribution in [-0.4, -0.2) is 22.5 Å². The fourth-order valence-corrected chi connectivity index (χ4v) is 3.80. The van der Waals surface area contributed by atoms with Gasteiger partial charge in [0.2, 0.25) is 0 Å². The highest BCUT2D eigenvalue weighted by molar-refractivity contribution is 7.98. The largest absolute Gasteiger partial charge is 0.332 e. The number of nitrogens with one attached hydrogen (secondary N) is 3. The monoisotopic (exact) mass is 330 g/mol. The molecule has 1 aliphatic carbocycles. The van der Waals surface area contributed by atoms with Gasteiger partial charge in [0.1, 0.15) is 0 Å². The summed E-state index contributed by atoms with van der Waals surface area (Å²) >= 11 is 1.69. The molecule has 5 nitrogen and oxygen atoms in total. The third-order valence-electron chi connectivity index (χ3n) is 4.30. The Bertz CT molecular complexity index is 685. The second-order valence-corrected chi connectivity index (χ2v) is 6.68. The van der Waals surface area contributed by atoms with Crippen LogP contribution >= 0.6 is 11.8 Å². The van der Waals surface area contributed by atoms with E-state index in [2.05, 4.69) is 33.0 Å². The molecule has 1 heterocycles. The van der Waals surface area contributed by atoms with E-state index >= 15 is 0 Å². The van der Waals surface area contributed by atoms with Crippen molar-refractivity contribution in [2.75, 3.05) is 6.26 Å². The number of rotatable bonds is 4. The maximum absolute atomic E-state index is 12.4. The third-order valence-corrected chi connectivity index (χ3v) is 5.11. The lowest BCUT2D eigenvalue weighted by molar-refractivity contribution is 0.232. The number of urea groups is 1. The van der Waals surface area contributed by atoms with Crippen molar-refractivity contribution < 1.29 is 4.79 Å². The molecule has 2 atom stereocenters. The van der Waals surface area contributed by atoms with Gasteiger partial charge in [0.15, 0.2) is 0 Å². The van der Waals surface area contributed by atoms with E-state index in [1.165, 1.54) is 10.5 Å². The lowest BCUT2D eigenvalue weighted by atomic mass is 9.94. The minimum Gasteiger partial charge on any atom is -0.332 e. The molecule has 6 heteroatoms. The Hall–Kier alpha value is -1.95. The van der Waals surface area contributed by atoms with Gasteiger partial charge in [-0.25, -0.2) is 4.79 Å². The zero-order valence-corrected chi connectivity index (χ0v) is 14.2. The Morgan fingerprint density at radius 1 is 1.43 bits per heavy atom. The molecule has 0 radical (unpaired) electrons. The van der Waals surface area contributed by atoms with Crippen molar-refractivity contribution in [1.29, 1.82) is 0 Å². The van der Waals surface area contributed by atoms with Crippen molar-refractivity contribution in [1.82, 2.24) is 20.8 Å². The average Bonchev–Trinajstić information content (AvgIpc) is 3.04. The van der Waals surface area contributed by atoms with Gasteiger partial charge in [-0.3, -0.25) is 5.10 Å². The molecular weight excluding hydrogens is 308 g/mol. The SMILES string of the molecule is CSc1ccccc1[C@H](C)NC(=O)N[C@@H]1CCCc2cn[nH]c21. The predicted octanol–water partition coefficient (Wildman–Crippen LogP) is 3.57. The summed E-state index contributed by atoms with van der Waals surface area (Å²) < 4.78 is 0. The zero-order valence-electron chi connectivity index (χ0n) is 13.4. The molecule has 0 bridgehead atoms. The van der Waals surface area contributed by atoms with Gasteiger partial charge in [-0.05, 0) is 49.6 Å². The molecule has 1 aliphatic rings. The number of carbonyl (C=O) groups is 1. The molecule has 1 aromatic heterocycles. The van der Waals surface area contributed by atoms with Gasteiger partial charge >= 0.3 is 6.03 Å². The normalized spacial score (nSPS) is 18.1. The van der Waals surface area contributed by atoms with Crippen LogP contribution in [0.5, 0.6) is 0 Å². The fourth-order valence-electron chi connectivity index (χ4n) is 3.11. The van der Waals surface area contributed by atoms with Crippen LogP contribution in [0, 0.1) is 0 Å². The topological polar surface area (TPSA) is 69.8 Å². The first-order valence-corrected chi connectivity index (χ1v) is 9.13. The van der Waals surface area contributed by atoms with Crippen molar-refractivity contribution >= 4 is 17.8 Å². The number of aryl methyl sites for hydroxylation is 1. The van der Waals surface area contributed by atoms with Gasteiger partial charge in [0.05, 0.1) is 24.0 Å². The van der Waals surface area contributed by atoms with Gasteiger partial charge in [0.25, 0.3) is 0 Å². The second-order valence-electron chi connectivity index (χ2n) is 5.84. The van der Waals surface area contributed by atoms with Crippen LogP contribution in [0.15, 0.2) is 35.4 Å². The molecule has 1 aromatic carbocycles. The van der Waals surface area contributed by atoms with E-state index in [-0.39, 0.29) is 18.1 Å². The van der Waals surface area contributed by atoms with Crippen LogP contribution in [0.1, 0.15) is 48.7 Å². The standard InChI is InChI=1S/C17H22N4OS/c1-11(13-7-3-4-9-15(13)23-2)19-17(22)20-14-8-5-6-12-10-18-21-16(12)14/h3-4,7,9-11,14H,5-6,8H2,1-2H3,(H,18,21)(H2,19,20,22)/t11-,14+/m0/s1. The van der Waals surface area contributed by atoms with E-state index in [9.17, 15) is 4.79 Å². The van der Waals surface area contributed by atoms with Crippen molar-refractivity contribution in [3.8, 4) is 0 Å². The van der Waals surface area contributed by atoms with Crippen LogP contribution in [0.4, 0.5) is 4.79 Å². The highest BCUT2D eigenvalue weighted by atomic mass is 32.2. The van der Waals surface area contributed by atoms with Gasteiger partial charge in [-0.15, -0.1) is 11.8 Å². The predicted molar refractivity (Wildman–Crippen MR) is 92.6 cm³/mol. The molecule has 3 rings (SSSR count). The molecule has 2 amide bonds. The number of fused-ring (bicyclic) bond motifs is 1. The molecule has 122 valence electrons. The van der Waals surface area contributed by atoms with Crippen LogP contribution in [0.2, 0.25) is 0 Å². The number of hydrogen-bond acceptors (Lipinski definition) is 3. The molecule has 3 N–H and O–H groups in total. The highest BCUT2D eigenvalue weighted by Crippen LogP contribution is 2.28. The fraction of sp³-hybridized carbons (Fsp3) is 0.412. The molecule has 0 saturated heterocycles. The maximum Gasteiger partial charge on any atom is 0.315 e. The van der Waals surface area contributed by atoms with Crippen molar-refractivity contribution in [2.24, 2.45) is 0 Å². The minimum atomic E-state index is -0.138. The smallest absolute Gasteiger partial charge is 0.315 e. The number of benzene rings is 1. The minimum absolute atomic E-state index is 0.0178. The maximum atomic E-state index is 12.4. The molecule has 0 aliphatic heterocycles. The first-order valence-electron chi connectivity index (χ1n) is 7.91. The van der Waals surface area contributed by atoms with Crippen LogP contribution < -0.4 is 10.6 Å². The van der Waals surface area contributed by atoms with Crippen molar-refractivity contribution in [3.05, 3.63) is 47.3 Å². The summed E-state index contributed by atoms with van der Waals surface area (Å²) in [7, 11) is 0. The summed E-state index contributed by atoms with van der Waals surface area (Å²) in [6, 6.07) is 8.00.